The van der Waals surface area contributed by atoms with Gasteiger partial charge in [-0.1, -0.05) is 0 Å². The summed E-state index contributed by atoms with van der Waals surface area (Å²) in [4.78, 5) is 6.80. The molecule has 0 radical (unpaired) electrons. The molecule has 0 amide bonds. The van der Waals surface area contributed by atoms with Crippen LogP contribution in [0.5, 0.6) is 11.5 Å². The van der Waals surface area contributed by atoms with E-state index in [0.29, 0.717) is 6.04 Å². The van der Waals surface area contributed by atoms with Crippen molar-refractivity contribution < 1.29 is 9.47 Å². The summed E-state index contributed by atoms with van der Waals surface area (Å²) in [5, 5.41) is 11.2. The van der Waals surface area contributed by atoms with Crippen molar-refractivity contribution in [1.29, 1.82) is 0 Å². The maximum atomic E-state index is 5.38. The third-order valence-corrected chi connectivity index (χ3v) is 5.07. The van der Waals surface area contributed by atoms with Crippen LogP contribution in [0, 0.1) is 0 Å². The number of rotatable bonds is 9. The molecule has 2 N–H and O–H groups in total. The maximum Gasteiger partial charge on any atom is 0.191 e. The number of guanidine groups is 1. The molecule has 1 saturated heterocycles. The number of aromatic nitrogens is 2. The van der Waals surface area contributed by atoms with Crippen LogP contribution >= 0.6 is 24.0 Å². The Hall–Kier alpha value is -2.01. The van der Waals surface area contributed by atoms with Gasteiger partial charge in [0.25, 0.3) is 0 Å². The van der Waals surface area contributed by atoms with E-state index in [0.717, 1.165) is 63.0 Å². The van der Waals surface area contributed by atoms with E-state index in [1.54, 1.807) is 20.4 Å². The molecule has 1 fully saturated rings. The topological polar surface area (TPSA) is 75.9 Å². The second-order valence-electron chi connectivity index (χ2n) is 7.21. The molecule has 1 aromatic heterocycles. The Morgan fingerprint density at radius 1 is 1.23 bits per heavy atom. The first-order chi connectivity index (χ1) is 14.2. The number of benzene rings is 1. The molecule has 1 aliphatic heterocycles. The first kappa shape index (κ1) is 24.3. The van der Waals surface area contributed by atoms with Gasteiger partial charge in [0.2, 0.25) is 0 Å². The van der Waals surface area contributed by atoms with Crippen LogP contribution in [0.4, 0.5) is 0 Å². The Morgan fingerprint density at radius 3 is 2.63 bits per heavy atom. The zero-order valence-electron chi connectivity index (χ0n) is 18.0. The van der Waals surface area contributed by atoms with Crippen LogP contribution in [0.25, 0.3) is 0 Å². The second kappa shape index (κ2) is 12.6. The Kier molecular flexibility index (Phi) is 10.2. The van der Waals surface area contributed by atoms with Crippen molar-refractivity contribution >= 4 is 29.9 Å². The van der Waals surface area contributed by atoms with Gasteiger partial charge in [-0.2, -0.15) is 5.10 Å². The summed E-state index contributed by atoms with van der Waals surface area (Å²) in [5.74, 6) is 2.52. The lowest BCUT2D eigenvalue weighted by atomic mass is 10.2. The first-order valence-electron chi connectivity index (χ1n) is 10.1. The summed E-state index contributed by atoms with van der Waals surface area (Å²) >= 11 is 0. The zero-order valence-corrected chi connectivity index (χ0v) is 20.3. The smallest absolute Gasteiger partial charge is 0.191 e. The number of nitrogens with one attached hydrogen (secondary N) is 2. The van der Waals surface area contributed by atoms with E-state index in [2.05, 4.69) is 37.8 Å². The number of aryl methyl sites for hydroxylation is 1. The molecule has 2 aromatic rings. The minimum Gasteiger partial charge on any atom is -0.497 e. The van der Waals surface area contributed by atoms with Gasteiger partial charge in [-0.05, 0) is 36.6 Å². The second-order valence-corrected chi connectivity index (χ2v) is 7.21. The molecule has 1 aliphatic rings. The van der Waals surface area contributed by atoms with E-state index in [9.17, 15) is 0 Å². The Bertz CT molecular complexity index is 762. The molecule has 2 heterocycles. The van der Waals surface area contributed by atoms with Crippen molar-refractivity contribution in [2.24, 2.45) is 4.99 Å². The highest BCUT2D eigenvalue weighted by Gasteiger charge is 2.23. The van der Waals surface area contributed by atoms with Crippen LogP contribution < -0.4 is 20.1 Å². The molecular formula is C21H33IN6O2. The Balaban J connectivity index is 0.00000320. The highest BCUT2D eigenvalue weighted by molar-refractivity contribution is 14.0. The molecule has 0 bridgehead atoms. The molecule has 166 valence electrons. The summed E-state index contributed by atoms with van der Waals surface area (Å²) in [7, 11) is 5.18. The van der Waals surface area contributed by atoms with E-state index in [-0.39, 0.29) is 24.0 Å². The summed E-state index contributed by atoms with van der Waals surface area (Å²) in [5.41, 5.74) is 1.20. The quantitative estimate of drug-likeness (QED) is 0.225. The van der Waals surface area contributed by atoms with Crippen LogP contribution in [0.1, 0.15) is 18.4 Å². The largest absolute Gasteiger partial charge is 0.497 e. The molecule has 8 nitrogen and oxygen atoms in total. The van der Waals surface area contributed by atoms with Crippen LogP contribution in [0.2, 0.25) is 0 Å². The summed E-state index contributed by atoms with van der Waals surface area (Å²) in [6.45, 7) is 4.67. The lowest BCUT2D eigenvalue weighted by molar-refractivity contribution is 0.321. The molecule has 0 spiro atoms. The van der Waals surface area contributed by atoms with Gasteiger partial charge in [-0.15, -0.1) is 24.0 Å². The summed E-state index contributed by atoms with van der Waals surface area (Å²) in [6.07, 6.45) is 5.88. The van der Waals surface area contributed by atoms with E-state index in [1.807, 2.05) is 30.1 Å². The van der Waals surface area contributed by atoms with Gasteiger partial charge in [0, 0.05) is 64.3 Å². The first-order valence-corrected chi connectivity index (χ1v) is 10.1. The number of methoxy groups -OCH3 is 2. The molecule has 1 atom stereocenters. The number of ether oxygens (including phenoxy) is 2. The molecule has 1 unspecified atom stereocenters. The van der Waals surface area contributed by atoms with Crippen LogP contribution in [-0.4, -0.2) is 67.6 Å². The van der Waals surface area contributed by atoms with E-state index in [4.69, 9.17) is 9.47 Å². The monoisotopic (exact) mass is 528 g/mol. The molecule has 30 heavy (non-hydrogen) atoms. The van der Waals surface area contributed by atoms with Crippen molar-refractivity contribution in [3.05, 3.63) is 42.2 Å². The van der Waals surface area contributed by atoms with Crippen molar-refractivity contribution in [3.63, 3.8) is 0 Å². The van der Waals surface area contributed by atoms with Crippen LogP contribution in [0.15, 0.2) is 41.7 Å². The maximum absolute atomic E-state index is 5.38. The van der Waals surface area contributed by atoms with Crippen molar-refractivity contribution in [2.75, 3.05) is 40.9 Å². The molecule has 1 aromatic carbocycles. The standard InChI is InChI=1S/C21H32N6O2.HI/c1-22-21(23-7-4-9-27-10-5-8-24-27)25-18-6-11-26(16-18)15-17-12-19(28-2)14-20(13-17)29-3;/h5,8,10,12-14,18H,4,6-7,9,11,15-16H2,1-3H3,(H2,22,23,25);1H. The molecule has 9 heteroatoms. The molecule has 0 aliphatic carbocycles. The van der Waals surface area contributed by atoms with Crippen molar-refractivity contribution in [3.8, 4) is 11.5 Å². The average Bonchev–Trinajstić information content (AvgIpc) is 3.42. The highest BCUT2D eigenvalue weighted by Crippen LogP contribution is 2.24. The lowest BCUT2D eigenvalue weighted by Gasteiger charge is -2.19. The fourth-order valence-electron chi connectivity index (χ4n) is 3.58. The minimum absolute atomic E-state index is 0. The van der Waals surface area contributed by atoms with Gasteiger partial charge in [0.05, 0.1) is 14.2 Å². The number of hydrogen-bond donors (Lipinski definition) is 2. The lowest BCUT2D eigenvalue weighted by Crippen LogP contribution is -2.44. The van der Waals surface area contributed by atoms with Gasteiger partial charge < -0.3 is 20.1 Å². The zero-order chi connectivity index (χ0) is 20.5. The highest BCUT2D eigenvalue weighted by atomic mass is 127. The van der Waals surface area contributed by atoms with Gasteiger partial charge in [-0.3, -0.25) is 14.6 Å². The predicted octanol–water partition coefficient (Wildman–Crippen LogP) is 2.35. The van der Waals surface area contributed by atoms with E-state index >= 15 is 0 Å². The SMILES string of the molecule is CN=C(NCCCn1cccn1)NC1CCN(Cc2cc(OC)cc(OC)c2)C1.I. The Morgan fingerprint density at radius 2 is 2.00 bits per heavy atom. The van der Waals surface area contributed by atoms with E-state index < -0.39 is 0 Å². The third-order valence-electron chi connectivity index (χ3n) is 5.07. The fourth-order valence-corrected chi connectivity index (χ4v) is 3.58. The van der Waals surface area contributed by atoms with Gasteiger partial charge in [0.1, 0.15) is 11.5 Å². The number of halogens is 1. The number of likely N-dealkylation sites (tertiary alicyclic amines) is 1. The van der Waals surface area contributed by atoms with Crippen LogP contribution in [-0.2, 0) is 13.1 Å². The predicted molar refractivity (Wildman–Crippen MR) is 130 cm³/mol. The van der Waals surface area contributed by atoms with Crippen LogP contribution in [0.3, 0.4) is 0 Å². The number of aliphatic imine (C=N–C) groups is 1. The molecule has 3 rings (SSSR count). The van der Waals surface area contributed by atoms with Gasteiger partial charge >= 0.3 is 0 Å². The number of hydrogen-bond acceptors (Lipinski definition) is 5. The molecule has 0 saturated carbocycles. The minimum atomic E-state index is 0. The normalized spacial score (nSPS) is 16.8. The average molecular weight is 528 g/mol. The summed E-state index contributed by atoms with van der Waals surface area (Å²) in [6, 6.07) is 8.38. The van der Waals surface area contributed by atoms with Crippen molar-refractivity contribution in [1.82, 2.24) is 25.3 Å². The number of nitrogens with zero attached hydrogens (tertiary/aromatic N) is 4. The van der Waals surface area contributed by atoms with E-state index in [1.165, 1.54) is 5.56 Å². The summed E-state index contributed by atoms with van der Waals surface area (Å²) < 4.78 is 12.7. The van der Waals surface area contributed by atoms with Crippen molar-refractivity contribution in [2.45, 2.75) is 32.0 Å². The van der Waals surface area contributed by atoms with Gasteiger partial charge in [0.15, 0.2) is 5.96 Å². The third kappa shape index (κ3) is 7.35. The Labute approximate surface area is 196 Å². The fraction of sp³-hybridized carbons (Fsp3) is 0.524. The molecular weight excluding hydrogens is 495 g/mol. The van der Waals surface area contributed by atoms with Gasteiger partial charge in [-0.25, -0.2) is 0 Å².